The quantitative estimate of drug-likeness (QED) is 0.134. The van der Waals surface area contributed by atoms with Crippen molar-refractivity contribution in [2.45, 2.75) is 13.3 Å². The third kappa shape index (κ3) is 33.5. The van der Waals surface area contributed by atoms with E-state index in [-0.39, 0.29) is 5.96 Å². The molecule has 0 aromatic carbocycles. The van der Waals surface area contributed by atoms with Crippen molar-refractivity contribution in [1.29, 1.82) is 5.41 Å². The second kappa shape index (κ2) is 11.3. The highest BCUT2D eigenvalue weighted by Crippen LogP contribution is 2.08. The van der Waals surface area contributed by atoms with Crippen molar-refractivity contribution < 1.29 is 35.0 Å². The van der Waals surface area contributed by atoms with Gasteiger partial charge in [0.1, 0.15) is 0 Å². The van der Waals surface area contributed by atoms with Crippen LogP contribution in [0, 0.1) is 5.41 Å². The van der Waals surface area contributed by atoms with Gasteiger partial charge in [0.25, 0.3) is 0 Å². The SMILES string of the molecule is CC1=CCN(CCNC(=N)N)CC1.O=S(=O)(O)O.O=S(=O)(O)O. The van der Waals surface area contributed by atoms with Crippen molar-refractivity contribution in [2.24, 2.45) is 5.73 Å². The lowest BCUT2D eigenvalue weighted by atomic mass is 10.1. The van der Waals surface area contributed by atoms with E-state index < -0.39 is 20.8 Å². The molecule has 0 saturated heterocycles. The van der Waals surface area contributed by atoms with Crippen LogP contribution < -0.4 is 11.1 Å². The van der Waals surface area contributed by atoms with Gasteiger partial charge in [-0.1, -0.05) is 11.6 Å². The van der Waals surface area contributed by atoms with Crippen LogP contribution in [0.15, 0.2) is 11.6 Å². The molecule has 0 spiro atoms. The summed E-state index contributed by atoms with van der Waals surface area (Å²) >= 11 is 0. The summed E-state index contributed by atoms with van der Waals surface area (Å²) < 4.78 is 63.2. The molecule has 0 saturated carbocycles. The van der Waals surface area contributed by atoms with E-state index in [1.807, 2.05) is 0 Å². The Morgan fingerprint density at radius 3 is 2.00 bits per heavy atom. The fourth-order valence-electron chi connectivity index (χ4n) is 1.36. The van der Waals surface area contributed by atoms with Crippen LogP contribution in [0.5, 0.6) is 0 Å². The fourth-order valence-corrected chi connectivity index (χ4v) is 1.36. The van der Waals surface area contributed by atoms with Gasteiger partial charge in [-0.15, -0.1) is 0 Å². The van der Waals surface area contributed by atoms with E-state index in [2.05, 4.69) is 23.2 Å². The van der Waals surface area contributed by atoms with Gasteiger partial charge >= 0.3 is 20.8 Å². The van der Waals surface area contributed by atoms with E-state index in [4.69, 9.17) is 46.2 Å². The molecule has 138 valence electrons. The minimum Gasteiger partial charge on any atom is -0.370 e. The molecule has 1 aliphatic rings. The van der Waals surface area contributed by atoms with Crippen LogP contribution in [0.3, 0.4) is 0 Å². The molecule has 0 aromatic heterocycles. The molecular formula is C9H22N4O8S2. The molecule has 0 atom stereocenters. The Bertz CT molecular complexity index is 541. The highest BCUT2D eigenvalue weighted by Gasteiger charge is 2.07. The molecule has 23 heavy (non-hydrogen) atoms. The Balaban J connectivity index is 0. The maximum absolute atomic E-state index is 8.74. The molecular weight excluding hydrogens is 356 g/mol. The van der Waals surface area contributed by atoms with Gasteiger partial charge < -0.3 is 11.1 Å². The van der Waals surface area contributed by atoms with Crippen LogP contribution in [-0.4, -0.2) is 72.1 Å². The van der Waals surface area contributed by atoms with Crippen molar-refractivity contribution in [3.63, 3.8) is 0 Å². The molecule has 8 N–H and O–H groups in total. The van der Waals surface area contributed by atoms with E-state index in [1.54, 1.807) is 0 Å². The summed E-state index contributed by atoms with van der Waals surface area (Å²) in [5.41, 5.74) is 6.65. The Kier molecular flexibility index (Phi) is 11.8. The van der Waals surface area contributed by atoms with Crippen LogP contribution in [0.1, 0.15) is 13.3 Å². The normalized spacial score (nSPS) is 15.3. The van der Waals surface area contributed by atoms with Gasteiger partial charge in [0.15, 0.2) is 5.96 Å². The minimum absolute atomic E-state index is 0.0590. The summed E-state index contributed by atoms with van der Waals surface area (Å²) in [6.07, 6.45) is 3.43. The predicted molar refractivity (Wildman–Crippen MR) is 83.1 cm³/mol. The number of hydrogen-bond acceptors (Lipinski definition) is 6. The maximum atomic E-state index is 8.74. The zero-order valence-electron chi connectivity index (χ0n) is 12.4. The third-order valence-electron chi connectivity index (χ3n) is 2.26. The Labute approximate surface area is 135 Å². The maximum Gasteiger partial charge on any atom is 0.394 e. The largest absolute Gasteiger partial charge is 0.394 e. The monoisotopic (exact) mass is 378 g/mol. The van der Waals surface area contributed by atoms with Crippen molar-refractivity contribution in [1.82, 2.24) is 10.2 Å². The zero-order valence-corrected chi connectivity index (χ0v) is 14.0. The second-order valence-corrected chi connectivity index (χ2v) is 6.13. The molecule has 0 fully saturated rings. The Morgan fingerprint density at radius 2 is 1.70 bits per heavy atom. The summed E-state index contributed by atoms with van der Waals surface area (Å²) in [6, 6.07) is 0. The molecule has 1 aliphatic heterocycles. The standard InChI is InChI=1S/C9H18N4.2H2O4S/c1-8-2-5-13(6-3-8)7-4-12-9(10)11;2*1-5(2,3)4/h2H,3-7H2,1H3,(H4,10,11,12);2*(H2,1,2,3,4). The van der Waals surface area contributed by atoms with Crippen molar-refractivity contribution in [3.8, 4) is 0 Å². The first-order valence-corrected chi connectivity index (χ1v) is 8.83. The minimum atomic E-state index is -4.67. The lowest BCUT2D eigenvalue weighted by Crippen LogP contribution is -2.39. The number of guanidine groups is 1. The van der Waals surface area contributed by atoms with E-state index in [0.717, 1.165) is 26.2 Å². The first-order chi connectivity index (χ1) is 10.2. The number of nitrogens with one attached hydrogen (secondary N) is 2. The molecule has 0 aromatic rings. The van der Waals surface area contributed by atoms with Crippen LogP contribution in [0.4, 0.5) is 0 Å². The molecule has 0 aliphatic carbocycles. The van der Waals surface area contributed by atoms with Gasteiger partial charge in [0, 0.05) is 26.2 Å². The molecule has 0 unspecified atom stereocenters. The summed E-state index contributed by atoms with van der Waals surface area (Å²) in [5, 5.41) is 9.78. The van der Waals surface area contributed by atoms with Gasteiger partial charge in [0.2, 0.25) is 0 Å². The summed E-state index contributed by atoms with van der Waals surface area (Å²) in [4.78, 5) is 2.35. The zero-order chi connectivity index (χ0) is 18.7. The van der Waals surface area contributed by atoms with Gasteiger partial charge in [-0.2, -0.15) is 16.8 Å². The van der Waals surface area contributed by atoms with E-state index in [0.29, 0.717) is 0 Å². The smallest absolute Gasteiger partial charge is 0.370 e. The topological polar surface area (TPSA) is 214 Å². The molecule has 0 bridgehead atoms. The van der Waals surface area contributed by atoms with Gasteiger partial charge in [0.05, 0.1) is 0 Å². The number of rotatable bonds is 3. The lowest BCUT2D eigenvalue weighted by molar-refractivity contribution is 0.298. The van der Waals surface area contributed by atoms with Crippen LogP contribution in [-0.2, 0) is 20.8 Å². The van der Waals surface area contributed by atoms with Crippen LogP contribution >= 0.6 is 0 Å². The average Bonchev–Trinajstić information content (AvgIpc) is 2.27. The van der Waals surface area contributed by atoms with Gasteiger partial charge in [-0.05, 0) is 13.3 Å². The summed E-state index contributed by atoms with van der Waals surface area (Å²) in [5.74, 6) is 0.0590. The second-order valence-electron chi connectivity index (χ2n) is 4.34. The summed E-state index contributed by atoms with van der Waals surface area (Å²) in [6.45, 7) is 6.06. The van der Waals surface area contributed by atoms with E-state index in [9.17, 15) is 0 Å². The highest BCUT2D eigenvalue weighted by atomic mass is 32.3. The predicted octanol–water partition coefficient (Wildman–Crippen LogP) is -1.18. The van der Waals surface area contributed by atoms with E-state index in [1.165, 1.54) is 12.0 Å². The van der Waals surface area contributed by atoms with Crippen LogP contribution in [0.2, 0.25) is 0 Å². The molecule has 1 rings (SSSR count). The number of hydrogen-bond donors (Lipinski definition) is 7. The first-order valence-electron chi connectivity index (χ1n) is 6.04. The molecule has 0 amide bonds. The fraction of sp³-hybridized carbons (Fsp3) is 0.667. The molecule has 12 nitrogen and oxygen atoms in total. The van der Waals surface area contributed by atoms with E-state index >= 15 is 0 Å². The van der Waals surface area contributed by atoms with Crippen molar-refractivity contribution >= 4 is 26.8 Å². The summed E-state index contributed by atoms with van der Waals surface area (Å²) in [7, 11) is -9.33. The number of nitrogens with zero attached hydrogens (tertiary/aromatic N) is 1. The molecule has 1 heterocycles. The van der Waals surface area contributed by atoms with Crippen molar-refractivity contribution in [2.75, 3.05) is 26.2 Å². The Hall–Kier alpha value is -1.29. The first kappa shape index (κ1) is 24.0. The van der Waals surface area contributed by atoms with Crippen molar-refractivity contribution in [3.05, 3.63) is 11.6 Å². The third-order valence-corrected chi connectivity index (χ3v) is 2.26. The van der Waals surface area contributed by atoms with Gasteiger partial charge in [-0.25, -0.2) is 0 Å². The lowest BCUT2D eigenvalue weighted by Gasteiger charge is -2.25. The Morgan fingerprint density at radius 1 is 1.26 bits per heavy atom. The highest BCUT2D eigenvalue weighted by molar-refractivity contribution is 7.80. The number of nitrogens with two attached hydrogens (primary N) is 1. The molecule has 14 heteroatoms. The molecule has 0 radical (unpaired) electrons. The van der Waals surface area contributed by atoms with Crippen LogP contribution in [0.25, 0.3) is 0 Å². The van der Waals surface area contributed by atoms with Gasteiger partial charge in [-0.3, -0.25) is 28.5 Å². The average molecular weight is 378 g/mol.